The highest BCUT2D eigenvalue weighted by Crippen LogP contribution is 2.40. The van der Waals surface area contributed by atoms with Crippen LogP contribution in [0.2, 0.25) is 0 Å². The summed E-state index contributed by atoms with van der Waals surface area (Å²) in [6.07, 6.45) is 4.38. The molecule has 2 aromatic carbocycles. The molecular formula is C21H22N2O5S. The number of carbonyl (C=O) groups is 1. The molecule has 0 radical (unpaired) electrons. The van der Waals surface area contributed by atoms with E-state index in [0.717, 1.165) is 0 Å². The van der Waals surface area contributed by atoms with E-state index >= 15 is 0 Å². The molecule has 29 heavy (non-hydrogen) atoms. The second-order valence-electron chi connectivity index (χ2n) is 6.55. The summed E-state index contributed by atoms with van der Waals surface area (Å²) in [7, 11) is -1.38. The first kappa shape index (κ1) is 20.6. The predicted octanol–water partition coefficient (Wildman–Crippen LogP) is 2.42. The van der Waals surface area contributed by atoms with E-state index in [0.29, 0.717) is 17.0 Å². The normalized spacial score (nSPS) is 19.1. The van der Waals surface area contributed by atoms with E-state index in [4.69, 9.17) is 15.2 Å². The Bertz CT molecular complexity index is 1050. The van der Waals surface area contributed by atoms with Gasteiger partial charge in [0.05, 0.1) is 19.1 Å². The van der Waals surface area contributed by atoms with Crippen LogP contribution in [0, 0.1) is 5.92 Å². The number of allylic oxidation sites excluding steroid dienone is 1. The molecule has 2 atom stereocenters. The van der Waals surface area contributed by atoms with E-state index in [9.17, 15) is 13.2 Å². The lowest BCUT2D eigenvalue weighted by Gasteiger charge is -2.31. The van der Waals surface area contributed by atoms with Crippen LogP contribution in [0.4, 0.5) is 5.69 Å². The maximum absolute atomic E-state index is 13.6. The standard InChI is InChI=1S/C21H22N2O5S/c1-27-16-8-10-17(11-9-16)29(25,26)21(12-5-13-23-21)18(20(24)28-2)14-15-6-3-4-7-19(15)22/h3-13,18H,14,22H2,1-2H3. The number of carbonyl (C=O) groups excluding carboxylic acids is 1. The lowest BCUT2D eigenvalue weighted by Crippen LogP contribution is -2.46. The van der Waals surface area contributed by atoms with Gasteiger partial charge >= 0.3 is 5.97 Å². The van der Waals surface area contributed by atoms with Gasteiger partial charge < -0.3 is 15.2 Å². The number of benzene rings is 2. The van der Waals surface area contributed by atoms with Crippen molar-refractivity contribution in [2.24, 2.45) is 10.9 Å². The summed E-state index contributed by atoms with van der Waals surface area (Å²) in [6, 6.07) is 13.0. The molecule has 0 aromatic heterocycles. The van der Waals surface area contributed by atoms with Gasteiger partial charge in [-0.05, 0) is 54.5 Å². The topological polar surface area (TPSA) is 108 Å². The van der Waals surface area contributed by atoms with Gasteiger partial charge in [-0.2, -0.15) is 0 Å². The van der Waals surface area contributed by atoms with Crippen molar-refractivity contribution in [3.8, 4) is 5.75 Å². The minimum absolute atomic E-state index is 0.0249. The third-order valence-electron chi connectivity index (χ3n) is 4.96. The first-order chi connectivity index (χ1) is 13.9. The van der Waals surface area contributed by atoms with Crippen LogP contribution < -0.4 is 10.5 Å². The van der Waals surface area contributed by atoms with Crippen molar-refractivity contribution in [3.63, 3.8) is 0 Å². The first-order valence-electron chi connectivity index (χ1n) is 8.88. The molecule has 152 valence electrons. The molecule has 2 aromatic rings. The predicted molar refractivity (Wildman–Crippen MR) is 111 cm³/mol. The molecule has 0 fully saturated rings. The van der Waals surface area contributed by atoms with Crippen LogP contribution in [0.5, 0.6) is 5.75 Å². The number of anilines is 1. The highest BCUT2D eigenvalue weighted by molar-refractivity contribution is 7.93. The number of esters is 1. The summed E-state index contributed by atoms with van der Waals surface area (Å²) >= 11 is 0. The summed E-state index contributed by atoms with van der Waals surface area (Å²) in [5.41, 5.74) is 7.14. The van der Waals surface area contributed by atoms with Crippen molar-refractivity contribution in [3.05, 3.63) is 66.2 Å². The summed E-state index contributed by atoms with van der Waals surface area (Å²) in [5, 5.41) is 0. The second-order valence-corrected chi connectivity index (χ2v) is 8.68. The fourth-order valence-electron chi connectivity index (χ4n) is 3.36. The van der Waals surface area contributed by atoms with Crippen LogP contribution in [0.25, 0.3) is 0 Å². The van der Waals surface area contributed by atoms with Crippen LogP contribution in [0.15, 0.2) is 70.6 Å². The van der Waals surface area contributed by atoms with E-state index in [1.165, 1.54) is 44.7 Å². The van der Waals surface area contributed by atoms with Gasteiger partial charge in [0, 0.05) is 11.9 Å². The number of ether oxygens (including phenoxy) is 2. The van der Waals surface area contributed by atoms with E-state index in [1.54, 1.807) is 36.4 Å². The number of nitrogens with two attached hydrogens (primary N) is 1. The quantitative estimate of drug-likeness (QED) is 0.551. The van der Waals surface area contributed by atoms with Gasteiger partial charge in [0.1, 0.15) is 11.7 Å². The van der Waals surface area contributed by atoms with E-state index in [2.05, 4.69) is 4.99 Å². The average Bonchev–Trinajstić information content (AvgIpc) is 3.24. The Kier molecular flexibility index (Phi) is 5.74. The Morgan fingerprint density at radius 1 is 1.14 bits per heavy atom. The number of aliphatic imine (C=N–C) groups is 1. The molecule has 0 saturated heterocycles. The maximum atomic E-state index is 13.6. The molecule has 2 unspecified atom stereocenters. The molecule has 0 spiro atoms. The van der Waals surface area contributed by atoms with Crippen LogP contribution in [-0.2, 0) is 25.8 Å². The number of nitrogens with zero attached hydrogens (tertiary/aromatic N) is 1. The average molecular weight is 414 g/mol. The lowest BCUT2D eigenvalue weighted by molar-refractivity contribution is -0.146. The largest absolute Gasteiger partial charge is 0.497 e. The zero-order valence-corrected chi connectivity index (χ0v) is 16.9. The fourth-order valence-corrected chi connectivity index (χ4v) is 5.24. The number of hydrogen-bond donors (Lipinski definition) is 1. The molecule has 3 rings (SSSR count). The second kappa shape index (κ2) is 8.08. The monoisotopic (exact) mass is 414 g/mol. The lowest BCUT2D eigenvalue weighted by atomic mass is 9.91. The van der Waals surface area contributed by atoms with E-state index in [-0.39, 0.29) is 11.3 Å². The van der Waals surface area contributed by atoms with Gasteiger partial charge in [0.25, 0.3) is 0 Å². The Labute approximate surface area is 169 Å². The van der Waals surface area contributed by atoms with Crippen LogP contribution >= 0.6 is 0 Å². The Balaban J connectivity index is 2.13. The number of hydrogen-bond acceptors (Lipinski definition) is 7. The summed E-state index contributed by atoms with van der Waals surface area (Å²) in [6.45, 7) is 0. The fraction of sp³-hybridized carbons (Fsp3) is 0.238. The molecule has 8 heteroatoms. The van der Waals surface area contributed by atoms with Crippen molar-refractivity contribution in [1.29, 1.82) is 0 Å². The summed E-state index contributed by atoms with van der Waals surface area (Å²) in [5.74, 6) is -1.29. The Morgan fingerprint density at radius 3 is 2.38 bits per heavy atom. The van der Waals surface area contributed by atoms with Crippen LogP contribution in [0.3, 0.4) is 0 Å². The third-order valence-corrected chi connectivity index (χ3v) is 7.24. The summed E-state index contributed by atoms with van der Waals surface area (Å²) < 4.78 is 37.4. The highest BCUT2D eigenvalue weighted by atomic mass is 32.2. The number of methoxy groups -OCH3 is 2. The maximum Gasteiger partial charge on any atom is 0.312 e. The molecule has 0 amide bonds. The molecule has 7 nitrogen and oxygen atoms in total. The number of rotatable bonds is 7. The molecule has 2 N–H and O–H groups in total. The number of sulfone groups is 1. The molecule has 0 aliphatic carbocycles. The van der Waals surface area contributed by atoms with Gasteiger partial charge in [-0.15, -0.1) is 0 Å². The number of nitrogen functional groups attached to an aromatic ring is 1. The van der Waals surface area contributed by atoms with Crippen molar-refractivity contribution in [1.82, 2.24) is 0 Å². The van der Waals surface area contributed by atoms with Gasteiger partial charge in [-0.3, -0.25) is 9.79 Å². The number of para-hydroxylation sites is 1. The zero-order valence-electron chi connectivity index (χ0n) is 16.1. The van der Waals surface area contributed by atoms with Crippen LogP contribution in [-0.4, -0.2) is 39.7 Å². The molecule has 1 heterocycles. The molecule has 1 aliphatic heterocycles. The van der Waals surface area contributed by atoms with Crippen molar-refractivity contribution >= 4 is 27.7 Å². The summed E-state index contributed by atoms with van der Waals surface area (Å²) in [4.78, 5) is 15.2. The minimum Gasteiger partial charge on any atom is -0.497 e. The van der Waals surface area contributed by atoms with Gasteiger partial charge in [0.15, 0.2) is 4.87 Å². The third kappa shape index (κ3) is 3.63. The van der Waals surface area contributed by atoms with E-state index in [1.807, 2.05) is 0 Å². The highest BCUT2D eigenvalue weighted by Gasteiger charge is 2.53. The van der Waals surface area contributed by atoms with Crippen molar-refractivity contribution in [2.45, 2.75) is 16.2 Å². The van der Waals surface area contributed by atoms with Gasteiger partial charge in [0.2, 0.25) is 9.84 Å². The van der Waals surface area contributed by atoms with Crippen LogP contribution in [0.1, 0.15) is 5.56 Å². The molecule has 0 bridgehead atoms. The Morgan fingerprint density at radius 2 is 1.83 bits per heavy atom. The molecule has 1 aliphatic rings. The van der Waals surface area contributed by atoms with Gasteiger partial charge in [-0.25, -0.2) is 8.42 Å². The van der Waals surface area contributed by atoms with E-state index < -0.39 is 26.6 Å². The SMILES string of the molecule is COC(=O)C(Cc1ccccc1N)C1(S(=O)(=O)c2ccc(OC)cc2)C=CC=N1. The minimum atomic E-state index is -4.09. The Hall–Kier alpha value is -3.13. The van der Waals surface area contributed by atoms with Crippen molar-refractivity contribution in [2.75, 3.05) is 20.0 Å². The molecular weight excluding hydrogens is 392 g/mol. The first-order valence-corrected chi connectivity index (χ1v) is 10.4. The molecule has 0 saturated carbocycles. The van der Waals surface area contributed by atoms with Crippen molar-refractivity contribution < 1.29 is 22.7 Å². The zero-order chi connectivity index (χ0) is 21.1. The smallest absolute Gasteiger partial charge is 0.312 e. The van der Waals surface area contributed by atoms with Gasteiger partial charge in [-0.1, -0.05) is 18.2 Å².